The summed E-state index contributed by atoms with van der Waals surface area (Å²) < 4.78 is 25.0. The molecule has 0 heterocycles. The molecule has 2 aromatic carbocycles. The largest absolute Gasteiger partial charge is 0.493 e. The van der Waals surface area contributed by atoms with Gasteiger partial charge in [0.05, 0.1) is 14.2 Å². The summed E-state index contributed by atoms with van der Waals surface area (Å²) in [5, 5.41) is 0. The summed E-state index contributed by atoms with van der Waals surface area (Å²) >= 11 is 3.35. The minimum absolute atomic E-state index is 0.308. The average molecular weight is 354 g/mol. The van der Waals surface area contributed by atoms with Gasteiger partial charge in [-0.15, -0.1) is 0 Å². The summed E-state index contributed by atoms with van der Waals surface area (Å²) in [7, 11) is 3.16. The van der Waals surface area contributed by atoms with Crippen molar-refractivity contribution in [3.63, 3.8) is 0 Å². The van der Waals surface area contributed by atoms with Gasteiger partial charge in [-0.25, -0.2) is 4.39 Å². The van der Waals surface area contributed by atoms with Crippen molar-refractivity contribution in [2.24, 2.45) is 5.73 Å². The molecule has 0 spiro atoms. The number of hydrogen-bond donors (Lipinski definition) is 1. The Balaban J connectivity index is 2.25. The molecule has 0 aromatic heterocycles. The SMILES string of the molecule is COc1ccc(CC(N)c2c(F)cccc2Br)cc1OC. The molecule has 112 valence electrons. The first-order chi connectivity index (χ1) is 10.1. The number of halogens is 2. The fourth-order valence-electron chi connectivity index (χ4n) is 2.23. The van der Waals surface area contributed by atoms with Gasteiger partial charge >= 0.3 is 0 Å². The highest BCUT2D eigenvalue weighted by Gasteiger charge is 2.16. The normalized spacial score (nSPS) is 12.0. The molecule has 3 nitrogen and oxygen atoms in total. The lowest BCUT2D eigenvalue weighted by Gasteiger charge is -2.16. The first-order valence-corrected chi connectivity index (χ1v) is 7.26. The van der Waals surface area contributed by atoms with Crippen LogP contribution in [0.3, 0.4) is 0 Å². The highest BCUT2D eigenvalue weighted by molar-refractivity contribution is 9.10. The molecule has 0 radical (unpaired) electrons. The maximum Gasteiger partial charge on any atom is 0.160 e. The topological polar surface area (TPSA) is 44.5 Å². The van der Waals surface area contributed by atoms with Gasteiger partial charge in [0.15, 0.2) is 11.5 Å². The molecule has 2 rings (SSSR count). The van der Waals surface area contributed by atoms with Gasteiger partial charge in [0.2, 0.25) is 0 Å². The number of ether oxygens (including phenoxy) is 2. The van der Waals surface area contributed by atoms with E-state index < -0.39 is 6.04 Å². The van der Waals surface area contributed by atoms with Crippen LogP contribution >= 0.6 is 15.9 Å². The maximum atomic E-state index is 13.9. The Kier molecular flexibility index (Phi) is 5.20. The van der Waals surface area contributed by atoms with Gasteiger partial charge < -0.3 is 15.2 Å². The van der Waals surface area contributed by atoms with E-state index in [1.807, 2.05) is 18.2 Å². The van der Waals surface area contributed by atoms with Gasteiger partial charge in [0.1, 0.15) is 5.82 Å². The zero-order valence-electron chi connectivity index (χ0n) is 11.9. The Morgan fingerprint density at radius 1 is 1.14 bits per heavy atom. The van der Waals surface area contributed by atoms with Crippen LogP contribution < -0.4 is 15.2 Å². The van der Waals surface area contributed by atoms with Crippen molar-refractivity contribution in [1.82, 2.24) is 0 Å². The van der Waals surface area contributed by atoms with Crippen molar-refractivity contribution >= 4 is 15.9 Å². The molecule has 0 aliphatic carbocycles. The second kappa shape index (κ2) is 6.91. The van der Waals surface area contributed by atoms with E-state index in [4.69, 9.17) is 15.2 Å². The standard InChI is InChI=1S/C16H17BrFNO2/c1-20-14-7-6-10(9-15(14)21-2)8-13(19)16-11(17)4-3-5-12(16)18/h3-7,9,13H,8,19H2,1-2H3. The minimum Gasteiger partial charge on any atom is -0.493 e. The van der Waals surface area contributed by atoms with E-state index >= 15 is 0 Å². The summed E-state index contributed by atoms with van der Waals surface area (Å²) in [6.07, 6.45) is 0.500. The Labute approximate surface area is 132 Å². The molecular weight excluding hydrogens is 337 g/mol. The minimum atomic E-state index is -0.446. The monoisotopic (exact) mass is 353 g/mol. The van der Waals surface area contributed by atoms with Crippen LogP contribution in [0, 0.1) is 5.82 Å². The number of nitrogens with two attached hydrogens (primary N) is 1. The molecule has 2 N–H and O–H groups in total. The molecule has 0 saturated carbocycles. The predicted molar refractivity (Wildman–Crippen MR) is 84.3 cm³/mol. The van der Waals surface area contributed by atoms with E-state index in [9.17, 15) is 4.39 Å². The molecule has 5 heteroatoms. The Bertz CT molecular complexity index is 613. The molecular formula is C16H17BrFNO2. The van der Waals surface area contributed by atoms with Crippen molar-refractivity contribution in [3.8, 4) is 11.5 Å². The highest BCUT2D eigenvalue weighted by Crippen LogP contribution is 2.31. The predicted octanol–water partition coefficient (Wildman–Crippen LogP) is 3.85. The number of methoxy groups -OCH3 is 2. The second-order valence-corrected chi connectivity index (χ2v) is 5.49. The van der Waals surface area contributed by atoms with Crippen LogP contribution in [0.4, 0.5) is 4.39 Å². The molecule has 0 saturated heterocycles. The van der Waals surface area contributed by atoms with Crippen LogP contribution in [0.25, 0.3) is 0 Å². The summed E-state index contributed by atoms with van der Waals surface area (Å²) in [5.74, 6) is 0.981. The van der Waals surface area contributed by atoms with Crippen LogP contribution in [0.5, 0.6) is 11.5 Å². The molecule has 0 amide bonds. The van der Waals surface area contributed by atoms with Crippen LogP contribution in [0.1, 0.15) is 17.2 Å². The summed E-state index contributed by atoms with van der Waals surface area (Å²) in [6.45, 7) is 0. The molecule has 1 atom stereocenters. The van der Waals surface area contributed by atoms with Crippen LogP contribution in [0.15, 0.2) is 40.9 Å². The molecule has 1 unspecified atom stereocenters. The van der Waals surface area contributed by atoms with Crippen molar-refractivity contribution in [1.29, 1.82) is 0 Å². The number of hydrogen-bond acceptors (Lipinski definition) is 3. The van der Waals surface area contributed by atoms with Gasteiger partial charge in [0.25, 0.3) is 0 Å². The lowest BCUT2D eigenvalue weighted by atomic mass is 9.99. The van der Waals surface area contributed by atoms with E-state index in [0.29, 0.717) is 28.0 Å². The van der Waals surface area contributed by atoms with Crippen molar-refractivity contribution in [2.45, 2.75) is 12.5 Å². The summed E-state index contributed by atoms with van der Waals surface area (Å²) in [5.41, 5.74) is 7.58. The molecule has 2 aromatic rings. The van der Waals surface area contributed by atoms with Gasteiger partial charge in [-0.2, -0.15) is 0 Å². The van der Waals surface area contributed by atoms with E-state index in [0.717, 1.165) is 5.56 Å². The third-order valence-corrected chi connectivity index (χ3v) is 3.97. The van der Waals surface area contributed by atoms with Gasteiger partial charge in [-0.3, -0.25) is 0 Å². The van der Waals surface area contributed by atoms with Gasteiger partial charge in [0, 0.05) is 16.1 Å². The molecule has 0 bridgehead atoms. The van der Waals surface area contributed by atoms with Crippen LogP contribution in [0.2, 0.25) is 0 Å². The molecule has 21 heavy (non-hydrogen) atoms. The molecule has 0 fully saturated rings. The molecule has 0 aliphatic heterocycles. The lowest BCUT2D eigenvalue weighted by molar-refractivity contribution is 0.354. The first kappa shape index (κ1) is 15.8. The summed E-state index contributed by atoms with van der Waals surface area (Å²) in [6, 6.07) is 9.97. The average Bonchev–Trinajstić information content (AvgIpc) is 2.46. The van der Waals surface area contributed by atoms with E-state index in [1.54, 1.807) is 26.4 Å². The number of benzene rings is 2. The first-order valence-electron chi connectivity index (χ1n) is 6.47. The van der Waals surface area contributed by atoms with Gasteiger partial charge in [-0.1, -0.05) is 28.1 Å². The Morgan fingerprint density at radius 3 is 2.48 bits per heavy atom. The smallest absolute Gasteiger partial charge is 0.160 e. The van der Waals surface area contributed by atoms with E-state index in [2.05, 4.69) is 15.9 Å². The van der Waals surface area contributed by atoms with E-state index in [-0.39, 0.29) is 5.82 Å². The third kappa shape index (κ3) is 3.54. The fourth-order valence-corrected chi connectivity index (χ4v) is 2.86. The Hall–Kier alpha value is -1.59. The third-order valence-electron chi connectivity index (χ3n) is 3.27. The Morgan fingerprint density at radius 2 is 1.86 bits per heavy atom. The maximum absolute atomic E-state index is 13.9. The zero-order chi connectivity index (χ0) is 15.4. The second-order valence-electron chi connectivity index (χ2n) is 4.64. The van der Waals surface area contributed by atoms with Crippen molar-refractivity contribution in [3.05, 3.63) is 57.8 Å². The van der Waals surface area contributed by atoms with Crippen molar-refractivity contribution in [2.75, 3.05) is 14.2 Å². The zero-order valence-corrected chi connectivity index (χ0v) is 13.5. The van der Waals surface area contributed by atoms with Crippen LogP contribution in [-0.4, -0.2) is 14.2 Å². The quantitative estimate of drug-likeness (QED) is 0.887. The van der Waals surface area contributed by atoms with Crippen molar-refractivity contribution < 1.29 is 13.9 Å². The van der Waals surface area contributed by atoms with Crippen LogP contribution in [-0.2, 0) is 6.42 Å². The highest BCUT2D eigenvalue weighted by atomic mass is 79.9. The van der Waals surface area contributed by atoms with Gasteiger partial charge in [-0.05, 0) is 36.2 Å². The fraction of sp³-hybridized carbons (Fsp3) is 0.250. The lowest BCUT2D eigenvalue weighted by Crippen LogP contribution is -2.15. The van der Waals surface area contributed by atoms with E-state index in [1.165, 1.54) is 6.07 Å². The number of rotatable bonds is 5. The summed E-state index contributed by atoms with van der Waals surface area (Å²) in [4.78, 5) is 0. The molecule has 0 aliphatic rings.